The molecule has 0 radical (unpaired) electrons. The van der Waals surface area contributed by atoms with Gasteiger partial charge in [-0.2, -0.15) is 0 Å². The first-order valence-electron chi connectivity index (χ1n) is 11.9. The Hall–Kier alpha value is -3.15. The maximum atomic E-state index is 12.9. The lowest BCUT2D eigenvalue weighted by atomic mass is 9.88. The molecule has 3 rings (SSSR count). The van der Waals surface area contributed by atoms with E-state index < -0.39 is 6.04 Å². The quantitative estimate of drug-likeness (QED) is 0.615. The van der Waals surface area contributed by atoms with Gasteiger partial charge in [0.2, 0.25) is 11.8 Å². The smallest absolute Gasteiger partial charge is 0.251 e. The third-order valence-corrected chi connectivity index (χ3v) is 6.23. The number of hydrogen-bond acceptors (Lipinski definition) is 3. The third-order valence-electron chi connectivity index (χ3n) is 6.23. The lowest BCUT2D eigenvalue weighted by molar-refractivity contribution is -0.133. The Kier molecular flexibility index (Phi) is 9.04. The maximum Gasteiger partial charge on any atom is 0.251 e. The summed E-state index contributed by atoms with van der Waals surface area (Å²) in [5, 5.41) is 5.91. The van der Waals surface area contributed by atoms with E-state index in [4.69, 9.17) is 0 Å². The second-order valence-corrected chi connectivity index (χ2v) is 8.82. The van der Waals surface area contributed by atoms with Crippen LogP contribution >= 0.6 is 0 Å². The summed E-state index contributed by atoms with van der Waals surface area (Å²) < 4.78 is 0. The van der Waals surface area contributed by atoms with Gasteiger partial charge in [0.1, 0.15) is 6.04 Å². The fourth-order valence-corrected chi connectivity index (χ4v) is 4.30. The highest BCUT2D eigenvalue weighted by atomic mass is 16.2. The molecular formula is C27H35N3O3. The number of hydrogen-bond donors (Lipinski definition) is 2. The number of benzene rings is 2. The Morgan fingerprint density at radius 3 is 2.42 bits per heavy atom. The molecule has 2 aromatic carbocycles. The minimum absolute atomic E-state index is 0.00575. The minimum Gasteiger partial charge on any atom is -0.354 e. The molecule has 0 saturated carbocycles. The summed E-state index contributed by atoms with van der Waals surface area (Å²) in [6.45, 7) is 5.73. The van der Waals surface area contributed by atoms with Gasteiger partial charge in [0, 0.05) is 31.6 Å². The van der Waals surface area contributed by atoms with Gasteiger partial charge in [-0.3, -0.25) is 14.4 Å². The summed E-state index contributed by atoms with van der Waals surface area (Å²) in [7, 11) is 0. The normalized spacial score (nSPS) is 15.0. The van der Waals surface area contributed by atoms with Crippen LogP contribution in [0.1, 0.15) is 54.1 Å². The molecule has 0 aliphatic carbocycles. The molecule has 33 heavy (non-hydrogen) atoms. The van der Waals surface area contributed by atoms with Gasteiger partial charge in [0.25, 0.3) is 5.91 Å². The number of rotatable bonds is 9. The fourth-order valence-electron chi connectivity index (χ4n) is 4.30. The van der Waals surface area contributed by atoms with Crippen molar-refractivity contribution < 1.29 is 14.4 Å². The molecule has 0 aromatic heterocycles. The first-order chi connectivity index (χ1) is 16.0. The summed E-state index contributed by atoms with van der Waals surface area (Å²) in [4.78, 5) is 40.4. The van der Waals surface area contributed by atoms with Crippen LogP contribution in [0.4, 0.5) is 0 Å². The summed E-state index contributed by atoms with van der Waals surface area (Å²) in [5.41, 5.74) is 2.71. The molecule has 1 aliphatic rings. The second kappa shape index (κ2) is 12.2. The van der Waals surface area contributed by atoms with Crippen LogP contribution in [-0.2, 0) is 16.0 Å². The summed E-state index contributed by atoms with van der Waals surface area (Å²) >= 11 is 0. The molecule has 2 aromatic rings. The fraction of sp³-hybridized carbons (Fsp3) is 0.444. The molecule has 1 heterocycles. The molecular weight excluding hydrogens is 414 g/mol. The van der Waals surface area contributed by atoms with Gasteiger partial charge in [-0.25, -0.2) is 0 Å². The largest absolute Gasteiger partial charge is 0.354 e. The molecule has 1 aliphatic heterocycles. The average molecular weight is 450 g/mol. The van der Waals surface area contributed by atoms with E-state index in [1.165, 1.54) is 0 Å². The first-order valence-corrected chi connectivity index (χ1v) is 11.9. The zero-order valence-electron chi connectivity index (χ0n) is 19.7. The Morgan fingerprint density at radius 1 is 1.03 bits per heavy atom. The molecule has 1 fully saturated rings. The van der Waals surface area contributed by atoms with Crippen molar-refractivity contribution >= 4 is 17.7 Å². The maximum absolute atomic E-state index is 12.9. The Balaban J connectivity index is 1.59. The van der Waals surface area contributed by atoms with Gasteiger partial charge in [-0.1, -0.05) is 55.0 Å². The second-order valence-electron chi connectivity index (χ2n) is 8.82. The predicted octanol–water partition coefficient (Wildman–Crippen LogP) is 3.49. The molecule has 176 valence electrons. The van der Waals surface area contributed by atoms with Gasteiger partial charge in [-0.15, -0.1) is 0 Å². The summed E-state index contributed by atoms with van der Waals surface area (Å²) in [5.74, 6) is -0.245. The summed E-state index contributed by atoms with van der Waals surface area (Å²) in [6, 6.07) is 16.8. The Bertz CT molecular complexity index is 937. The zero-order chi connectivity index (χ0) is 23.6. The molecule has 0 bridgehead atoms. The van der Waals surface area contributed by atoms with E-state index in [9.17, 15) is 14.4 Å². The van der Waals surface area contributed by atoms with E-state index in [0.29, 0.717) is 44.5 Å². The van der Waals surface area contributed by atoms with Crippen LogP contribution in [0.3, 0.4) is 0 Å². The van der Waals surface area contributed by atoms with Crippen molar-refractivity contribution in [1.82, 2.24) is 15.5 Å². The van der Waals surface area contributed by atoms with Crippen molar-refractivity contribution in [1.29, 1.82) is 0 Å². The van der Waals surface area contributed by atoms with Crippen molar-refractivity contribution in [3.05, 3.63) is 71.3 Å². The average Bonchev–Trinajstić information content (AvgIpc) is 2.85. The first kappa shape index (κ1) is 24.5. The Morgan fingerprint density at radius 2 is 1.76 bits per heavy atom. The van der Waals surface area contributed by atoms with Gasteiger partial charge < -0.3 is 15.5 Å². The van der Waals surface area contributed by atoms with Crippen molar-refractivity contribution in [3.63, 3.8) is 0 Å². The van der Waals surface area contributed by atoms with Crippen LogP contribution in [-0.4, -0.2) is 48.3 Å². The van der Waals surface area contributed by atoms with Crippen LogP contribution in [0.15, 0.2) is 54.6 Å². The lowest BCUT2D eigenvalue weighted by Crippen LogP contribution is -2.54. The Labute approximate surface area is 196 Å². The highest BCUT2D eigenvalue weighted by Gasteiger charge is 2.33. The van der Waals surface area contributed by atoms with Crippen LogP contribution in [0.2, 0.25) is 0 Å². The predicted molar refractivity (Wildman–Crippen MR) is 130 cm³/mol. The highest BCUT2D eigenvalue weighted by Crippen LogP contribution is 2.22. The van der Waals surface area contributed by atoms with Gasteiger partial charge >= 0.3 is 0 Å². The number of piperidine rings is 1. The van der Waals surface area contributed by atoms with Crippen LogP contribution in [0.5, 0.6) is 0 Å². The van der Waals surface area contributed by atoms with Crippen molar-refractivity contribution in [2.75, 3.05) is 19.6 Å². The molecule has 3 amide bonds. The molecule has 6 heteroatoms. The van der Waals surface area contributed by atoms with E-state index in [2.05, 4.69) is 10.6 Å². The number of nitrogens with one attached hydrogen (secondary N) is 2. The summed E-state index contributed by atoms with van der Waals surface area (Å²) in [6.07, 6.45) is 3.43. The van der Waals surface area contributed by atoms with Crippen LogP contribution in [0.25, 0.3) is 0 Å². The van der Waals surface area contributed by atoms with E-state index in [0.717, 1.165) is 24.0 Å². The molecule has 6 nitrogen and oxygen atoms in total. The number of carbonyl (C=O) groups excluding carboxylic acids is 3. The van der Waals surface area contributed by atoms with E-state index >= 15 is 0 Å². The molecule has 1 atom stereocenters. The third kappa shape index (κ3) is 7.17. The van der Waals surface area contributed by atoms with Gasteiger partial charge in [-0.05, 0) is 56.2 Å². The van der Waals surface area contributed by atoms with E-state index in [1.807, 2.05) is 67.3 Å². The molecule has 1 saturated heterocycles. The van der Waals surface area contributed by atoms with Gasteiger partial charge in [0.05, 0.1) is 0 Å². The standard InChI is InChI=1S/C27H35N3O3/c1-3-16-28-27(33)25(29-26(32)23-11-7-8-20(2)19-23)22-14-17-30(18-15-22)24(31)13-12-21-9-5-4-6-10-21/h4-11,19,22,25H,3,12-18H2,1-2H3,(H,28,33)(H,29,32)/t25-/m1/s1. The number of carbonyl (C=O) groups is 3. The minimum atomic E-state index is -0.605. The van der Waals surface area contributed by atoms with E-state index in [-0.39, 0.29) is 23.6 Å². The van der Waals surface area contributed by atoms with Crippen molar-refractivity contribution in [2.45, 2.75) is 52.0 Å². The van der Waals surface area contributed by atoms with Gasteiger partial charge in [0.15, 0.2) is 0 Å². The molecule has 2 N–H and O–H groups in total. The number of amides is 3. The monoisotopic (exact) mass is 449 g/mol. The van der Waals surface area contributed by atoms with Crippen molar-refractivity contribution in [3.8, 4) is 0 Å². The van der Waals surface area contributed by atoms with E-state index in [1.54, 1.807) is 6.07 Å². The molecule has 0 spiro atoms. The highest BCUT2D eigenvalue weighted by molar-refractivity contribution is 5.97. The zero-order valence-corrected chi connectivity index (χ0v) is 19.7. The number of nitrogens with zero attached hydrogens (tertiary/aromatic N) is 1. The topological polar surface area (TPSA) is 78.5 Å². The molecule has 0 unspecified atom stereocenters. The number of likely N-dealkylation sites (tertiary alicyclic amines) is 1. The van der Waals surface area contributed by atoms with Crippen LogP contribution < -0.4 is 10.6 Å². The lowest BCUT2D eigenvalue weighted by Gasteiger charge is -2.36. The van der Waals surface area contributed by atoms with Crippen molar-refractivity contribution in [2.24, 2.45) is 5.92 Å². The van der Waals surface area contributed by atoms with Crippen LogP contribution in [0, 0.1) is 12.8 Å². The SMILES string of the molecule is CCCNC(=O)[C@H](NC(=O)c1cccc(C)c1)C1CCN(C(=O)CCc2ccccc2)CC1. The number of aryl methyl sites for hydroxylation is 2.